The van der Waals surface area contributed by atoms with E-state index in [0.29, 0.717) is 6.42 Å². The molecule has 6 nitrogen and oxygen atoms in total. The third kappa shape index (κ3) is 4.74. The summed E-state index contributed by atoms with van der Waals surface area (Å²) in [5.41, 5.74) is 3.42. The van der Waals surface area contributed by atoms with Crippen LogP contribution in [-0.2, 0) is 30.0 Å². The second-order valence-electron chi connectivity index (χ2n) is 5.79. The zero-order valence-electron chi connectivity index (χ0n) is 14.0. The Balaban J connectivity index is 1.67. The molecule has 0 aliphatic rings. The smallest absolute Gasteiger partial charge is 0.212 e. The maximum absolute atomic E-state index is 12.3. The average molecular weight is 356 g/mol. The lowest BCUT2D eigenvalue weighted by atomic mass is 10.1. The summed E-state index contributed by atoms with van der Waals surface area (Å²) in [7, 11) is -1.54. The van der Waals surface area contributed by atoms with Crippen LogP contribution in [0.3, 0.4) is 0 Å². The first-order valence-corrected chi connectivity index (χ1v) is 9.63. The van der Waals surface area contributed by atoms with E-state index in [1.54, 1.807) is 23.1 Å². The minimum absolute atomic E-state index is 0.0551. The lowest BCUT2D eigenvalue weighted by molar-refractivity contribution is 0.580. The van der Waals surface area contributed by atoms with Crippen molar-refractivity contribution in [2.24, 2.45) is 7.05 Å². The highest BCUT2D eigenvalue weighted by Crippen LogP contribution is 2.20. The lowest BCUT2D eigenvalue weighted by Crippen LogP contribution is -2.27. The van der Waals surface area contributed by atoms with E-state index in [2.05, 4.69) is 14.8 Å². The van der Waals surface area contributed by atoms with Crippen LogP contribution in [0.4, 0.5) is 0 Å². The highest BCUT2D eigenvalue weighted by atomic mass is 32.2. The van der Waals surface area contributed by atoms with Crippen molar-refractivity contribution in [1.82, 2.24) is 19.5 Å². The van der Waals surface area contributed by atoms with Crippen LogP contribution in [-0.4, -0.2) is 28.9 Å². The molecular weight excluding hydrogens is 336 g/mol. The molecule has 0 aliphatic carbocycles. The van der Waals surface area contributed by atoms with Gasteiger partial charge in [0.2, 0.25) is 10.0 Å². The fourth-order valence-corrected chi connectivity index (χ4v) is 3.57. The first kappa shape index (κ1) is 17.3. The van der Waals surface area contributed by atoms with Crippen molar-refractivity contribution in [2.75, 3.05) is 5.75 Å². The molecule has 0 bridgehead atoms. The number of nitrogens with one attached hydrogen (secondary N) is 1. The molecule has 0 saturated carbocycles. The SMILES string of the molecule is Cn1cc(-c2ncccc2CNS(=O)(=O)CCc2ccccc2)cn1. The average Bonchev–Trinajstić information content (AvgIpc) is 3.06. The Kier molecular flexibility index (Phi) is 5.25. The Bertz CT molecular complexity index is 936. The second kappa shape index (κ2) is 7.58. The summed E-state index contributed by atoms with van der Waals surface area (Å²) in [6.07, 6.45) is 5.75. The molecule has 1 aromatic carbocycles. The minimum Gasteiger partial charge on any atom is -0.275 e. The third-order valence-electron chi connectivity index (χ3n) is 3.85. The van der Waals surface area contributed by atoms with Gasteiger partial charge in [0.05, 0.1) is 17.6 Å². The summed E-state index contributed by atoms with van der Waals surface area (Å²) in [5, 5.41) is 4.14. The van der Waals surface area contributed by atoms with Crippen molar-refractivity contribution in [3.8, 4) is 11.3 Å². The zero-order chi connectivity index (χ0) is 17.7. The molecule has 0 radical (unpaired) electrons. The van der Waals surface area contributed by atoms with Crippen LogP contribution in [0, 0.1) is 0 Å². The maximum atomic E-state index is 12.3. The molecule has 0 aliphatic heterocycles. The van der Waals surface area contributed by atoms with Crippen molar-refractivity contribution in [3.05, 3.63) is 72.2 Å². The second-order valence-corrected chi connectivity index (χ2v) is 7.72. The summed E-state index contributed by atoms with van der Waals surface area (Å²) >= 11 is 0. The van der Waals surface area contributed by atoms with E-state index in [-0.39, 0.29) is 12.3 Å². The van der Waals surface area contributed by atoms with Crippen LogP contribution in [0.15, 0.2) is 61.1 Å². The first-order valence-electron chi connectivity index (χ1n) is 7.98. The first-order chi connectivity index (χ1) is 12.0. The molecule has 3 rings (SSSR count). The summed E-state index contributed by atoms with van der Waals surface area (Å²) in [6.45, 7) is 0.204. The van der Waals surface area contributed by atoms with Crippen LogP contribution >= 0.6 is 0 Å². The molecule has 2 aromatic heterocycles. The summed E-state index contributed by atoms with van der Waals surface area (Å²) in [5.74, 6) is 0.0551. The van der Waals surface area contributed by atoms with Gasteiger partial charge in [0, 0.05) is 31.5 Å². The molecule has 0 fully saturated rings. The van der Waals surface area contributed by atoms with Crippen LogP contribution in [0.1, 0.15) is 11.1 Å². The number of aromatic nitrogens is 3. The Labute approximate surface area is 147 Å². The summed E-state index contributed by atoms with van der Waals surface area (Å²) < 4.78 is 28.9. The fourth-order valence-electron chi connectivity index (χ4n) is 2.54. The van der Waals surface area contributed by atoms with E-state index in [4.69, 9.17) is 0 Å². The number of hydrogen-bond donors (Lipinski definition) is 1. The zero-order valence-corrected chi connectivity index (χ0v) is 14.8. The summed E-state index contributed by atoms with van der Waals surface area (Å²) in [6, 6.07) is 13.3. The number of benzene rings is 1. The molecule has 7 heteroatoms. The number of sulfonamides is 1. The van der Waals surface area contributed by atoms with E-state index < -0.39 is 10.0 Å². The van der Waals surface area contributed by atoms with Gasteiger partial charge in [-0.15, -0.1) is 0 Å². The van der Waals surface area contributed by atoms with Gasteiger partial charge in [-0.05, 0) is 23.6 Å². The minimum atomic E-state index is -3.37. The third-order valence-corrected chi connectivity index (χ3v) is 5.18. The van der Waals surface area contributed by atoms with E-state index >= 15 is 0 Å². The Morgan fingerprint density at radius 1 is 1.12 bits per heavy atom. The topological polar surface area (TPSA) is 76.9 Å². The summed E-state index contributed by atoms with van der Waals surface area (Å²) in [4.78, 5) is 4.37. The standard InChI is InChI=1S/C18H20N4O2S/c1-22-14-17(12-20-22)18-16(8-5-10-19-18)13-21-25(23,24)11-9-15-6-3-2-4-7-15/h2-8,10,12,14,21H,9,11,13H2,1H3. The molecule has 2 heterocycles. The highest BCUT2D eigenvalue weighted by molar-refractivity contribution is 7.89. The highest BCUT2D eigenvalue weighted by Gasteiger charge is 2.13. The van der Waals surface area contributed by atoms with Gasteiger partial charge in [-0.25, -0.2) is 13.1 Å². The normalized spacial score (nSPS) is 11.6. The Morgan fingerprint density at radius 2 is 1.92 bits per heavy atom. The van der Waals surface area contributed by atoms with Gasteiger partial charge in [-0.1, -0.05) is 36.4 Å². The number of nitrogens with zero attached hydrogens (tertiary/aromatic N) is 3. The molecule has 0 atom stereocenters. The number of pyridine rings is 1. The van der Waals surface area contributed by atoms with Crippen molar-refractivity contribution < 1.29 is 8.42 Å². The fraction of sp³-hybridized carbons (Fsp3) is 0.222. The molecule has 0 saturated heterocycles. The molecule has 1 N–H and O–H groups in total. The van der Waals surface area contributed by atoms with E-state index in [0.717, 1.165) is 22.4 Å². The number of rotatable bonds is 7. The van der Waals surface area contributed by atoms with Crippen molar-refractivity contribution in [2.45, 2.75) is 13.0 Å². The Hall–Kier alpha value is -2.51. The predicted molar refractivity (Wildman–Crippen MR) is 97.2 cm³/mol. The largest absolute Gasteiger partial charge is 0.275 e. The van der Waals surface area contributed by atoms with Gasteiger partial charge in [-0.2, -0.15) is 5.10 Å². The molecule has 25 heavy (non-hydrogen) atoms. The molecule has 0 unspecified atom stereocenters. The van der Waals surface area contributed by atoms with Crippen LogP contribution < -0.4 is 4.72 Å². The van der Waals surface area contributed by atoms with Crippen LogP contribution in [0.5, 0.6) is 0 Å². The quantitative estimate of drug-likeness (QED) is 0.704. The monoisotopic (exact) mass is 356 g/mol. The van der Waals surface area contributed by atoms with Gasteiger partial charge < -0.3 is 0 Å². The molecule has 130 valence electrons. The van der Waals surface area contributed by atoms with Crippen molar-refractivity contribution in [1.29, 1.82) is 0 Å². The molecule has 3 aromatic rings. The van der Waals surface area contributed by atoms with Crippen LogP contribution in [0.2, 0.25) is 0 Å². The predicted octanol–water partition coefficient (Wildman–Crippen LogP) is 2.14. The van der Waals surface area contributed by atoms with Gasteiger partial charge in [0.25, 0.3) is 0 Å². The van der Waals surface area contributed by atoms with Gasteiger partial charge in [-0.3, -0.25) is 9.67 Å². The van der Waals surface area contributed by atoms with Crippen molar-refractivity contribution in [3.63, 3.8) is 0 Å². The van der Waals surface area contributed by atoms with Crippen LogP contribution in [0.25, 0.3) is 11.3 Å². The van der Waals surface area contributed by atoms with Crippen molar-refractivity contribution >= 4 is 10.0 Å². The van der Waals surface area contributed by atoms with Gasteiger partial charge >= 0.3 is 0 Å². The molecule has 0 spiro atoms. The molecular formula is C18H20N4O2S. The lowest BCUT2D eigenvalue weighted by Gasteiger charge is -2.09. The van der Waals surface area contributed by atoms with Gasteiger partial charge in [0.1, 0.15) is 0 Å². The molecule has 0 amide bonds. The Morgan fingerprint density at radius 3 is 2.64 bits per heavy atom. The number of aryl methyl sites for hydroxylation is 2. The van der Waals surface area contributed by atoms with E-state index in [1.807, 2.05) is 49.6 Å². The number of hydrogen-bond acceptors (Lipinski definition) is 4. The van der Waals surface area contributed by atoms with E-state index in [9.17, 15) is 8.42 Å². The van der Waals surface area contributed by atoms with Gasteiger partial charge in [0.15, 0.2) is 0 Å². The maximum Gasteiger partial charge on any atom is 0.212 e. The van der Waals surface area contributed by atoms with E-state index in [1.165, 1.54) is 0 Å².